The molecule has 0 fully saturated rings. The van der Waals surface area contributed by atoms with Crippen LogP contribution in [0.4, 0.5) is 0 Å². The average Bonchev–Trinajstić information content (AvgIpc) is 2.26. The lowest BCUT2D eigenvalue weighted by atomic mass is 10.0. The number of hydrogen-bond acceptors (Lipinski definition) is 5. The Kier molecular flexibility index (Phi) is 3.81. The van der Waals surface area contributed by atoms with Gasteiger partial charge in [-0.05, 0) is 12.5 Å². The lowest BCUT2D eigenvalue weighted by molar-refractivity contribution is -0.132. The first-order valence-corrected chi connectivity index (χ1v) is 4.63. The van der Waals surface area contributed by atoms with E-state index in [4.69, 9.17) is 10.5 Å². The second-order valence-corrected chi connectivity index (χ2v) is 3.38. The quantitative estimate of drug-likeness (QED) is 0.628. The van der Waals surface area contributed by atoms with Gasteiger partial charge in [-0.3, -0.25) is 4.79 Å². The zero-order valence-corrected chi connectivity index (χ0v) is 9.04. The van der Waals surface area contributed by atoms with Gasteiger partial charge in [0, 0.05) is 17.8 Å². The topological polar surface area (TPSA) is 106 Å². The molecule has 0 aliphatic carbocycles. The monoisotopic (exact) mass is 226 g/mol. The molecule has 6 nitrogen and oxygen atoms in total. The number of aliphatic hydroxyl groups is 2. The van der Waals surface area contributed by atoms with Gasteiger partial charge in [-0.2, -0.15) is 0 Å². The largest absolute Gasteiger partial charge is 0.481 e. The Morgan fingerprint density at radius 1 is 1.56 bits per heavy atom. The molecule has 2 atom stereocenters. The molecule has 0 spiro atoms. The number of primary amides is 1. The molecule has 1 aromatic rings. The number of carbonyl (C=O) groups is 1. The van der Waals surface area contributed by atoms with Crippen LogP contribution < -0.4 is 10.5 Å². The highest BCUT2D eigenvalue weighted by molar-refractivity contribution is 5.79. The Bertz CT molecular complexity index is 394. The van der Waals surface area contributed by atoms with Gasteiger partial charge >= 0.3 is 0 Å². The lowest BCUT2D eigenvalue weighted by Gasteiger charge is -2.17. The highest BCUT2D eigenvalue weighted by Gasteiger charge is 2.25. The van der Waals surface area contributed by atoms with Gasteiger partial charge in [0.1, 0.15) is 6.10 Å². The van der Waals surface area contributed by atoms with Crippen LogP contribution in [-0.4, -0.2) is 34.3 Å². The molecule has 0 bridgehead atoms. The summed E-state index contributed by atoms with van der Waals surface area (Å²) in [4.78, 5) is 14.6. The second-order valence-electron chi connectivity index (χ2n) is 3.38. The molecule has 1 aromatic heterocycles. The molecule has 0 aromatic carbocycles. The van der Waals surface area contributed by atoms with Gasteiger partial charge in [0.05, 0.1) is 7.11 Å². The highest BCUT2D eigenvalue weighted by atomic mass is 16.5. The van der Waals surface area contributed by atoms with Crippen molar-refractivity contribution in [3.05, 3.63) is 23.4 Å². The summed E-state index contributed by atoms with van der Waals surface area (Å²) in [5.74, 6) is -0.593. The fourth-order valence-electron chi connectivity index (χ4n) is 1.29. The number of amides is 1. The zero-order valence-electron chi connectivity index (χ0n) is 9.04. The van der Waals surface area contributed by atoms with Crippen LogP contribution in [0.15, 0.2) is 12.3 Å². The highest BCUT2D eigenvalue weighted by Crippen LogP contribution is 2.22. The van der Waals surface area contributed by atoms with Crippen LogP contribution in [0, 0.1) is 6.92 Å². The number of methoxy groups -OCH3 is 1. The van der Waals surface area contributed by atoms with Crippen molar-refractivity contribution in [3.63, 3.8) is 0 Å². The van der Waals surface area contributed by atoms with E-state index in [1.165, 1.54) is 13.3 Å². The molecule has 16 heavy (non-hydrogen) atoms. The number of hydrogen-bond donors (Lipinski definition) is 3. The van der Waals surface area contributed by atoms with E-state index >= 15 is 0 Å². The fraction of sp³-hybridized carbons (Fsp3) is 0.400. The summed E-state index contributed by atoms with van der Waals surface area (Å²) in [5.41, 5.74) is 5.88. The predicted octanol–water partition coefficient (Wildman–Crippen LogP) is -0.722. The number of aryl methyl sites for hydroxylation is 1. The van der Waals surface area contributed by atoms with Crippen molar-refractivity contribution >= 4 is 5.91 Å². The first kappa shape index (κ1) is 12.4. The average molecular weight is 226 g/mol. The Hall–Kier alpha value is -1.66. The smallest absolute Gasteiger partial charge is 0.249 e. The number of aromatic nitrogens is 1. The molecule has 0 saturated carbocycles. The van der Waals surface area contributed by atoms with Gasteiger partial charge in [0.25, 0.3) is 0 Å². The van der Waals surface area contributed by atoms with E-state index in [0.29, 0.717) is 17.0 Å². The van der Waals surface area contributed by atoms with Gasteiger partial charge < -0.3 is 20.7 Å². The maximum absolute atomic E-state index is 10.7. The SMILES string of the molecule is COc1cc(C)c(C(O)C(O)C(N)=O)cn1. The van der Waals surface area contributed by atoms with E-state index < -0.39 is 18.1 Å². The van der Waals surface area contributed by atoms with Crippen LogP contribution in [0.5, 0.6) is 5.88 Å². The van der Waals surface area contributed by atoms with E-state index in [0.717, 1.165) is 0 Å². The number of rotatable bonds is 4. The third-order valence-corrected chi connectivity index (χ3v) is 2.24. The molecule has 6 heteroatoms. The van der Waals surface area contributed by atoms with Gasteiger partial charge in [-0.25, -0.2) is 4.98 Å². The van der Waals surface area contributed by atoms with E-state index in [-0.39, 0.29) is 0 Å². The number of pyridine rings is 1. The molecule has 0 aliphatic rings. The van der Waals surface area contributed by atoms with Gasteiger partial charge in [-0.1, -0.05) is 0 Å². The van der Waals surface area contributed by atoms with Gasteiger partial charge in [0.15, 0.2) is 6.10 Å². The second kappa shape index (κ2) is 4.91. The lowest BCUT2D eigenvalue weighted by Crippen LogP contribution is -2.34. The van der Waals surface area contributed by atoms with Crippen LogP contribution in [0.25, 0.3) is 0 Å². The molecule has 1 amide bonds. The third-order valence-electron chi connectivity index (χ3n) is 2.24. The molecule has 0 aliphatic heterocycles. The van der Waals surface area contributed by atoms with Crippen molar-refractivity contribution in [2.45, 2.75) is 19.1 Å². The normalized spacial score (nSPS) is 14.2. The molecule has 1 heterocycles. The Morgan fingerprint density at radius 3 is 2.62 bits per heavy atom. The minimum Gasteiger partial charge on any atom is -0.481 e. The van der Waals surface area contributed by atoms with Crippen molar-refractivity contribution in [2.24, 2.45) is 5.73 Å². The Balaban J connectivity index is 3.00. The van der Waals surface area contributed by atoms with Crippen LogP contribution in [0.1, 0.15) is 17.2 Å². The first-order valence-electron chi connectivity index (χ1n) is 4.63. The molecule has 1 rings (SSSR count). The Morgan fingerprint density at radius 2 is 2.19 bits per heavy atom. The third kappa shape index (κ3) is 2.47. The number of ether oxygens (including phenoxy) is 1. The zero-order chi connectivity index (χ0) is 12.3. The molecular weight excluding hydrogens is 212 g/mol. The van der Waals surface area contributed by atoms with Crippen molar-refractivity contribution in [1.29, 1.82) is 0 Å². The van der Waals surface area contributed by atoms with Gasteiger partial charge in [-0.15, -0.1) is 0 Å². The number of carbonyl (C=O) groups excluding carboxylic acids is 1. The molecule has 0 saturated heterocycles. The van der Waals surface area contributed by atoms with E-state index in [2.05, 4.69) is 4.98 Å². The van der Waals surface area contributed by atoms with E-state index in [1.807, 2.05) is 0 Å². The first-order chi connectivity index (χ1) is 7.47. The Labute approximate surface area is 92.7 Å². The summed E-state index contributed by atoms with van der Waals surface area (Å²) >= 11 is 0. The maximum Gasteiger partial charge on any atom is 0.249 e. The molecule has 0 radical (unpaired) electrons. The van der Waals surface area contributed by atoms with E-state index in [1.54, 1.807) is 13.0 Å². The number of nitrogens with zero attached hydrogens (tertiary/aromatic N) is 1. The van der Waals surface area contributed by atoms with Crippen molar-refractivity contribution in [2.75, 3.05) is 7.11 Å². The molecule has 2 unspecified atom stereocenters. The van der Waals surface area contributed by atoms with Crippen LogP contribution in [0.2, 0.25) is 0 Å². The van der Waals surface area contributed by atoms with Crippen molar-refractivity contribution in [1.82, 2.24) is 4.98 Å². The summed E-state index contributed by atoms with van der Waals surface area (Å²) in [6, 6.07) is 1.59. The summed E-state index contributed by atoms with van der Waals surface area (Å²) in [5, 5.41) is 19.0. The van der Waals surface area contributed by atoms with Crippen molar-refractivity contribution in [3.8, 4) is 5.88 Å². The summed E-state index contributed by atoms with van der Waals surface area (Å²) < 4.78 is 4.89. The van der Waals surface area contributed by atoms with E-state index in [9.17, 15) is 15.0 Å². The van der Waals surface area contributed by atoms with Crippen LogP contribution in [0.3, 0.4) is 0 Å². The molecular formula is C10H14N2O4. The van der Waals surface area contributed by atoms with Crippen molar-refractivity contribution < 1.29 is 19.7 Å². The summed E-state index contributed by atoms with van der Waals surface area (Å²) in [6.45, 7) is 1.70. The maximum atomic E-state index is 10.7. The van der Waals surface area contributed by atoms with Crippen LogP contribution >= 0.6 is 0 Å². The standard InChI is InChI=1S/C10H14N2O4/c1-5-3-7(16-2)12-4-6(5)8(13)9(14)10(11)15/h3-4,8-9,13-14H,1-2H3,(H2,11,15). The van der Waals surface area contributed by atoms with Gasteiger partial charge in [0.2, 0.25) is 11.8 Å². The summed E-state index contributed by atoms with van der Waals surface area (Å²) in [6.07, 6.45) is -1.69. The molecule has 88 valence electrons. The minimum absolute atomic E-state index is 0.340. The number of nitrogens with two attached hydrogens (primary N) is 1. The van der Waals surface area contributed by atoms with Crippen LogP contribution in [-0.2, 0) is 4.79 Å². The number of aliphatic hydroxyl groups excluding tert-OH is 2. The fourth-order valence-corrected chi connectivity index (χ4v) is 1.29. The molecule has 4 N–H and O–H groups in total. The predicted molar refractivity (Wildman–Crippen MR) is 55.7 cm³/mol. The summed E-state index contributed by atoms with van der Waals surface area (Å²) in [7, 11) is 1.47. The minimum atomic E-state index is -1.64.